The lowest BCUT2D eigenvalue weighted by atomic mass is 10.3. The van der Waals surface area contributed by atoms with Crippen molar-refractivity contribution in [3.05, 3.63) is 11.1 Å². The Morgan fingerprint density at radius 3 is 3.00 bits per heavy atom. The van der Waals surface area contributed by atoms with Gasteiger partial charge in [0.25, 0.3) is 0 Å². The van der Waals surface area contributed by atoms with Crippen molar-refractivity contribution in [2.24, 2.45) is 0 Å². The predicted octanol–water partition coefficient (Wildman–Crippen LogP) is 1.39. The molecule has 0 aliphatic heterocycles. The second kappa shape index (κ2) is 7.29. The number of hydrogen-bond acceptors (Lipinski definition) is 5. The van der Waals surface area contributed by atoms with Crippen LogP contribution in [0.3, 0.4) is 0 Å². The summed E-state index contributed by atoms with van der Waals surface area (Å²) in [6.07, 6.45) is 0.843. The molecule has 0 fully saturated rings. The lowest BCUT2D eigenvalue weighted by Gasteiger charge is -2.00. The number of hydrogen-bond donors (Lipinski definition) is 2. The maximum atomic E-state index is 11.3. The Morgan fingerprint density at radius 1 is 1.59 bits per heavy atom. The Balaban J connectivity index is 2.34. The fraction of sp³-hybridized carbons (Fsp3) is 0.500. The Labute approximate surface area is 108 Å². The third-order valence-corrected chi connectivity index (χ3v) is 3.83. The minimum atomic E-state index is -0.896. The van der Waals surface area contributed by atoms with Crippen LogP contribution < -0.4 is 5.32 Å². The van der Waals surface area contributed by atoms with Crippen LogP contribution in [0.5, 0.6) is 0 Å². The first-order valence-corrected chi connectivity index (χ1v) is 7.04. The predicted molar refractivity (Wildman–Crippen MR) is 67.5 cm³/mol. The van der Waals surface area contributed by atoms with E-state index in [1.807, 2.05) is 6.92 Å². The van der Waals surface area contributed by atoms with E-state index >= 15 is 0 Å². The maximum absolute atomic E-state index is 11.3. The summed E-state index contributed by atoms with van der Waals surface area (Å²) in [5.41, 5.74) is 0.541. The van der Waals surface area contributed by atoms with Gasteiger partial charge in [-0.2, -0.15) is 0 Å². The molecule has 0 saturated heterocycles. The van der Waals surface area contributed by atoms with E-state index in [1.54, 1.807) is 5.38 Å². The average molecular weight is 274 g/mol. The Kier molecular flexibility index (Phi) is 5.99. The van der Waals surface area contributed by atoms with E-state index in [2.05, 4.69) is 10.3 Å². The van der Waals surface area contributed by atoms with E-state index < -0.39 is 5.97 Å². The molecule has 1 amide bonds. The van der Waals surface area contributed by atoms with E-state index in [0.29, 0.717) is 18.0 Å². The molecule has 1 rings (SSSR count). The van der Waals surface area contributed by atoms with Gasteiger partial charge in [-0.3, -0.25) is 9.59 Å². The van der Waals surface area contributed by atoms with Gasteiger partial charge in [-0.15, -0.1) is 11.3 Å². The minimum absolute atomic E-state index is 0.0214. The van der Waals surface area contributed by atoms with Gasteiger partial charge < -0.3 is 10.4 Å². The van der Waals surface area contributed by atoms with E-state index in [9.17, 15) is 9.59 Å². The minimum Gasteiger partial charge on any atom is -0.481 e. The number of nitrogens with one attached hydrogen (secondary N) is 1. The van der Waals surface area contributed by atoms with Crippen molar-refractivity contribution >= 4 is 35.0 Å². The molecule has 17 heavy (non-hydrogen) atoms. The number of carbonyl (C=O) groups excluding carboxylic acids is 1. The smallest absolute Gasteiger partial charge is 0.309 e. The molecule has 0 atom stereocenters. The molecular weight excluding hydrogens is 260 g/mol. The lowest BCUT2D eigenvalue weighted by molar-refractivity contribution is -0.136. The zero-order valence-corrected chi connectivity index (χ0v) is 11.1. The number of thioether (sulfide) groups is 1. The summed E-state index contributed by atoms with van der Waals surface area (Å²) in [7, 11) is 0. The molecule has 0 bridgehead atoms. The van der Waals surface area contributed by atoms with Crippen molar-refractivity contribution in [1.29, 1.82) is 0 Å². The van der Waals surface area contributed by atoms with E-state index in [-0.39, 0.29) is 12.3 Å². The number of amides is 1. The van der Waals surface area contributed by atoms with Crippen molar-refractivity contribution in [3.8, 4) is 0 Å². The number of carboxylic acids is 1. The lowest BCUT2D eigenvalue weighted by Crippen LogP contribution is -2.25. The van der Waals surface area contributed by atoms with Crippen LogP contribution >= 0.6 is 23.1 Å². The topological polar surface area (TPSA) is 79.3 Å². The van der Waals surface area contributed by atoms with E-state index in [0.717, 1.165) is 10.8 Å². The Bertz CT molecular complexity index is 393. The molecule has 0 aliphatic rings. The Hall–Kier alpha value is -1.08. The van der Waals surface area contributed by atoms with Gasteiger partial charge in [0.15, 0.2) is 4.34 Å². The molecule has 1 heterocycles. The summed E-state index contributed by atoms with van der Waals surface area (Å²) in [4.78, 5) is 25.9. The first-order chi connectivity index (χ1) is 8.11. The van der Waals surface area contributed by atoms with Gasteiger partial charge in [0.1, 0.15) is 0 Å². The standard InChI is InChI=1S/C10H14N2O3S2/c1-2-3-11-8(13)6-17-10-12-7(5-16-10)4-9(14)15/h5H,2-4,6H2,1H3,(H,11,13)(H,14,15). The number of aliphatic carboxylic acids is 1. The van der Waals surface area contributed by atoms with Crippen molar-refractivity contribution in [1.82, 2.24) is 10.3 Å². The molecule has 7 heteroatoms. The number of carbonyl (C=O) groups is 2. The summed E-state index contributed by atoms with van der Waals surface area (Å²) in [5.74, 6) is -0.598. The highest BCUT2D eigenvalue weighted by atomic mass is 32.2. The molecule has 94 valence electrons. The number of nitrogens with zero attached hydrogens (tertiary/aromatic N) is 1. The van der Waals surface area contributed by atoms with E-state index in [4.69, 9.17) is 5.11 Å². The van der Waals surface area contributed by atoms with Crippen LogP contribution in [0.4, 0.5) is 0 Å². The van der Waals surface area contributed by atoms with Crippen molar-refractivity contribution < 1.29 is 14.7 Å². The second-order valence-electron chi connectivity index (χ2n) is 3.31. The van der Waals surface area contributed by atoms with Gasteiger partial charge in [-0.25, -0.2) is 4.98 Å². The summed E-state index contributed by atoms with van der Waals surface area (Å²) >= 11 is 2.70. The monoisotopic (exact) mass is 274 g/mol. The number of thiazole rings is 1. The first kappa shape index (κ1) is 14.0. The zero-order chi connectivity index (χ0) is 12.7. The van der Waals surface area contributed by atoms with Gasteiger partial charge in [0, 0.05) is 11.9 Å². The molecule has 1 aromatic heterocycles. The number of carboxylic acid groups (broad SMARTS) is 1. The quantitative estimate of drug-likeness (QED) is 0.734. The third-order valence-electron chi connectivity index (χ3n) is 1.76. The summed E-state index contributed by atoms with van der Waals surface area (Å²) in [5, 5.41) is 13.1. The molecule has 0 radical (unpaired) electrons. The molecular formula is C10H14N2O3S2. The average Bonchev–Trinajstić information content (AvgIpc) is 2.70. The van der Waals surface area contributed by atoms with Crippen LogP contribution in [0.25, 0.3) is 0 Å². The largest absolute Gasteiger partial charge is 0.481 e. The summed E-state index contributed by atoms with van der Waals surface area (Å²) in [6, 6.07) is 0. The van der Waals surface area contributed by atoms with Gasteiger partial charge in [0.2, 0.25) is 5.91 Å². The van der Waals surface area contributed by atoms with E-state index in [1.165, 1.54) is 23.1 Å². The maximum Gasteiger partial charge on any atom is 0.309 e. The van der Waals surface area contributed by atoms with Crippen molar-refractivity contribution in [2.75, 3.05) is 12.3 Å². The first-order valence-electron chi connectivity index (χ1n) is 5.17. The normalized spacial score (nSPS) is 10.2. The van der Waals surface area contributed by atoms with Crippen LogP contribution in [0.1, 0.15) is 19.0 Å². The SMILES string of the molecule is CCCNC(=O)CSc1nc(CC(=O)O)cs1. The fourth-order valence-electron chi connectivity index (χ4n) is 1.03. The molecule has 0 spiro atoms. The molecule has 0 saturated carbocycles. The number of aromatic nitrogens is 1. The number of rotatable bonds is 7. The van der Waals surface area contributed by atoms with Crippen LogP contribution in [-0.2, 0) is 16.0 Å². The van der Waals surface area contributed by atoms with Crippen molar-refractivity contribution in [2.45, 2.75) is 24.1 Å². The van der Waals surface area contributed by atoms with Crippen LogP contribution in [0, 0.1) is 0 Å². The summed E-state index contributed by atoms with van der Waals surface area (Å²) in [6.45, 7) is 2.67. The second-order valence-corrected chi connectivity index (χ2v) is 5.39. The molecule has 0 unspecified atom stereocenters. The fourth-order valence-corrected chi connectivity index (χ4v) is 2.71. The van der Waals surface area contributed by atoms with Gasteiger partial charge in [0.05, 0.1) is 17.9 Å². The molecule has 5 nitrogen and oxygen atoms in total. The molecule has 0 aliphatic carbocycles. The highest BCUT2D eigenvalue weighted by Crippen LogP contribution is 2.22. The highest BCUT2D eigenvalue weighted by Gasteiger charge is 2.08. The summed E-state index contributed by atoms with van der Waals surface area (Å²) < 4.78 is 0.730. The zero-order valence-electron chi connectivity index (χ0n) is 9.43. The van der Waals surface area contributed by atoms with Crippen LogP contribution in [0.15, 0.2) is 9.72 Å². The third kappa shape index (κ3) is 5.69. The van der Waals surface area contributed by atoms with Gasteiger partial charge in [-0.05, 0) is 6.42 Å². The van der Waals surface area contributed by atoms with Gasteiger partial charge in [-0.1, -0.05) is 18.7 Å². The molecule has 2 N–H and O–H groups in total. The Morgan fingerprint density at radius 2 is 2.35 bits per heavy atom. The highest BCUT2D eigenvalue weighted by molar-refractivity contribution is 8.01. The molecule has 1 aromatic rings. The van der Waals surface area contributed by atoms with Crippen LogP contribution in [-0.4, -0.2) is 34.3 Å². The van der Waals surface area contributed by atoms with Crippen LogP contribution in [0.2, 0.25) is 0 Å². The van der Waals surface area contributed by atoms with Gasteiger partial charge >= 0.3 is 5.97 Å². The molecule has 0 aromatic carbocycles. The van der Waals surface area contributed by atoms with Crippen molar-refractivity contribution in [3.63, 3.8) is 0 Å².